The minimum Gasteiger partial charge on any atom is -0.379 e. The summed E-state index contributed by atoms with van der Waals surface area (Å²) >= 11 is 0. The lowest BCUT2D eigenvalue weighted by molar-refractivity contribution is 0.0195. The number of rotatable bonds is 5. The molecule has 148 valence electrons. The zero-order valence-electron chi connectivity index (χ0n) is 16.0. The number of aromatic nitrogens is 2. The Morgan fingerprint density at radius 1 is 1.31 bits per heavy atom. The van der Waals surface area contributed by atoms with Crippen LogP contribution in [0.15, 0.2) is 9.52 Å². The van der Waals surface area contributed by atoms with E-state index in [1.807, 2.05) is 7.05 Å². The van der Waals surface area contributed by atoms with Crippen molar-refractivity contribution in [2.75, 3.05) is 53.0 Å². The molecule has 1 aromatic heterocycles. The third kappa shape index (κ3) is 5.53. The van der Waals surface area contributed by atoms with E-state index in [0.29, 0.717) is 24.3 Å². The summed E-state index contributed by atoms with van der Waals surface area (Å²) in [5, 5.41) is 7.43. The van der Waals surface area contributed by atoms with Gasteiger partial charge in [-0.1, -0.05) is 19.0 Å². The van der Waals surface area contributed by atoms with Crippen molar-refractivity contribution in [3.8, 4) is 0 Å². The van der Waals surface area contributed by atoms with Gasteiger partial charge in [0.15, 0.2) is 11.8 Å². The molecular weight excluding hydrogens is 447 g/mol. The second-order valence-electron chi connectivity index (χ2n) is 6.96. The van der Waals surface area contributed by atoms with Gasteiger partial charge in [0.05, 0.1) is 13.2 Å². The average molecular weight is 478 g/mol. The van der Waals surface area contributed by atoms with E-state index >= 15 is 0 Å². The Morgan fingerprint density at radius 2 is 2.08 bits per heavy atom. The van der Waals surface area contributed by atoms with Crippen LogP contribution in [0.25, 0.3) is 0 Å². The summed E-state index contributed by atoms with van der Waals surface area (Å²) in [6.45, 7) is 10.7. The molecule has 8 nitrogen and oxygen atoms in total. The van der Waals surface area contributed by atoms with Gasteiger partial charge in [-0.2, -0.15) is 4.98 Å². The fourth-order valence-electron chi connectivity index (χ4n) is 3.39. The van der Waals surface area contributed by atoms with Crippen LogP contribution in [0, 0.1) is 0 Å². The van der Waals surface area contributed by atoms with Gasteiger partial charge in [-0.3, -0.25) is 9.89 Å². The molecular formula is C17H31IN6O2. The Hall–Kier alpha value is -0.940. The zero-order chi connectivity index (χ0) is 17.6. The van der Waals surface area contributed by atoms with Gasteiger partial charge in [-0.25, -0.2) is 0 Å². The van der Waals surface area contributed by atoms with Crippen molar-refractivity contribution in [2.45, 2.75) is 38.6 Å². The van der Waals surface area contributed by atoms with Crippen LogP contribution in [-0.4, -0.2) is 84.9 Å². The van der Waals surface area contributed by atoms with E-state index in [4.69, 9.17) is 9.26 Å². The van der Waals surface area contributed by atoms with Crippen LogP contribution in [0.4, 0.5) is 0 Å². The highest BCUT2D eigenvalue weighted by Gasteiger charge is 2.30. The maximum absolute atomic E-state index is 5.46. The van der Waals surface area contributed by atoms with Gasteiger partial charge in [0.1, 0.15) is 0 Å². The minimum atomic E-state index is 0. The quantitative estimate of drug-likeness (QED) is 0.389. The largest absolute Gasteiger partial charge is 0.379 e. The second kappa shape index (κ2) is 10.4. The number of aliphatic imine (C=N–C) groups is 1. The van der Waals surface area contributed by atoms with Gasteiger partial charge < -0.3 is 19.5 Å². The first-order chi connectivity index (χ1) is 12.2. The topological polar surface area (TPSA) is 79.0 Å². The Labute approximate surface area is 172 Å². The molecule has 26 heavy (non-hydrogen) atoms. The second-order valence-corrected chi connectivity index (χ2v) is 6.96. The summed E-state index contributed by atoms with van der Waals surface area (Å²) in [4.78, 5) is 13.7. The third-order valence-corrected chi connectivity index (χ3v) is 4.86. The summed E-state index contributed by atoms with van der Waals surface area (Å²) in [5.41, 5.74) is 0. The highest BCUT2D eigenvalue weighted by molar-refractivity contribution is 14.0. The molecule has 1 unspecified atom stereocenters. The van der Waals surface area contributed by atoms with Crippen molar-refractivity contribution in [3.63, 3.8) is 0 Å². The molecule has 2 fully saturated rings. The smallest absolute Gasteiger partial charge is 0.228 e. The van der Waals surface area contributed by atoms with Gasteiger partial charge in [-0.15, -0.1) is 24.0 Å². The van der Waals surface area contributed by atoms with E-state index < -0.39 is 0 Å². The minimum absolute atomic E-state index is 0. The molecule has 0 amide bonds. The van der Waals surface area contributed by atoms with E-state index in [9.17, 15) is 0 Å². The van der Waals surface area contributed by atoms with E-state index in [1.165, 1.54) is 6.42 Å². The predicted octanol–water partition coefficient (Wildman–Crippen LogP) is 1.34. The fourth-order valence-corrected chi connectivity index (χ4v) is 3.39. The molecule has 3 heterocycles. The number of nitrogens with one attached hydrogen (secondary N) is 1. The number of hydrogen-bond donors (Lipinski definition) is 1. The Kier molecular flexibility index (Phi) is 8.55. The molecule has 0 spiro atoms. The lowest BCUT2D eigenvalue weighted by Gasteiger charge is -2.32. The first kappa shape index (κ1) is 21.4. The molecule has 2 saturated heterocycles. The van der Waals surface area contributed by atoms with Crippen LogP contribution in [0.3, 0.4) is 0 Å². The molecule has 9 heteroatoms. The van der Waals surface area contributed by atoms with Gasteiger partial charge >= 0.3 is 0 Å². The highest BCUT2D eigenvalue weighted by atomic mass is 127. The predicted molar refractivity (Wildman–Crippen MR) is 111 cm³/mol. The Morgan fingerprint density at radius 3 is 2.73 bits per heavy atom. The number of morpholine rings is 1. The number of guanidine groups is 1. The highest BCUT2D eigenvalue weighted by Crippen LogP contribution is 2.17. The molecule has 1 N–H and O–H groups in total. The normalized spacial score (nSPS) is 21.9. The molecule has 0 aliphatic carbocycles. The molecule has 1 atom stereocenters. The molecule has 0 bridgehead atoms. The van der Waals surface area contributed by atoms with Crippen LogP contribution >= 0.6 is 24.0 Å². The van der Waals surface area contributed by atoms with Crippen LogP contribution in [0.2, 0.25) is 0 Å². The van der Waals surface area contributed by atoms with Crippen molar-refractivity contribution in [1.82, 2.24) is 25.3 Å². The summed E-state index contributed by atoms with van der Waals surface area (Å²) in [7, 11) is 1.84. The lowest BCUT2D eigenvalue weighted by atomic mass is 10.2. The van der Waals surface area contributed by atoms with Gasteiger partial charge in [0, 0.05) is 58.2 Å². The van der Waals surface area contributed by atoms with Crippen molar-refractivity contribution >= 4 is 29.9 Å². The van der Waals surface area contributed by atoms with E-state index in [0.717, 1.165) is 57.7 Å². The third-order valence-electron chi connectivity index (χ3n) is 4.86. The van der Waals surface area contributed by atoms with Gasteiger partial charge in [-0.05, 0) is 6.42 Å². The molecule has 1 aromatic rings. The van der Waals surface area contributed by atoms with Crippen molar-refractivity contribution in [2.24, 2.45) is 4.99 Å². The van der Waals surface area contributed by atoms with E-state index in [1.54, 1.807) is 0 Å². The molecule has 0 aromatic carbocycles. The van der Waals surface area contributed by atoms with E-state index in [2.05, 4.69) is 44.1 Å². The molecule has 3 rings (SSSR count). The number of ether oxygens (including phenoxy) is 1. The maximum Gasteiger partial charge on any atom is 0.228 e. The monoisotopic (exact) mass is 478 g/mol. The first-order valence-corrected chi connectivity index (χ1v) is 9.27. The first-order valence-electron chi connectivity index (χ1n) is 9.27. The van der Waals surface area contributed by atoms with Crippen LogP contribution in [0.5, 0.6) is 0 Å². The van der Waals surface area contributed by atoms with Crippen LogP contribution in [-0.2, 0) is 11.2 Å². The molecule has 0 saturated carbocycles. The molecule has 2 aliphatic rings. The van der Waals surface area contributed by atoms with E-state index in [-0.39, 0.29) is 24.0 Å². The summed E-state index contributed by atoms with van der Waals surface area (Å²) in [6, 6.07) is 0.604. The summed E-state index contributed by atoms with van der Waals surface area (Å²) < 4.78 is 10.7. The number of halogens is 1. The van der Waals surface area contributed by atoms with Crippen LogP contribution in [0.1, 0.15) is 37.9 Å². The SMILES string of the molecule is CN=C(NCCc1nc(C(C)C)no1)N1CCC(N2CCOCC2)C1.I. The van der Waals surface area contributed by atoms with Crippen molar-refractivity contribution < 1.29 is 9.26 Å². The maximum atomic E-state index is 5.46. The number of likely N-dealkylation sites (tertiary alicyclic amines) is 1. The average Bonchev–Trinajstić information content (AvgIpc) is 3.29. The molecule has 2 aliphatic heterocycles. The zero-order valence-corrected chi connectivity index (χ0v) is 18.3. The Bertz CT molecular complexity index is 573. The number of nitrogens with zero attached hydrogens (tertiary/aromatic N) is 5. The molecule has 0 radical (unpaired) electrons. The van der Waals surface area contributed by atoms with Gasteiger partial charge in [0.25, 0.3) is 0 Å². The van der Waals surface area contributed by atoms with Crippen LogP contribution < -0.4 is 5.32 Å². The fraction of sp³-hybridized carbons (Fsp3) is 0.824. The van der Waals surface area contributed by atoms with Crippen molar-refractivity contribution in [1.29, 1.82) is 0 Å². The lowest BCUT2D eigenvalue weighted by Crippen LogP contribution is -2.46. The standard InChI is InChI=1S/C17H30N6O2.HI/c1-13(2)16-20-15(25-21-16)4-6-19-17(18-3)23-7-5-14(12-23)22-8-10-24-11-9-22;/h13-14H,4-12H2,1-3H3,(H,18,19);1H. The van der Waals surface area contributed by atoms with Gasteiger partial charge in [0.2, 0.25) is 5.89 Å². The van der Waals surface area contributed by atoms with Crippen molar-refractivity contribution in [3.05, 3.63) is 11.7 Å². The summed E-state index contributed by atoms with van der Waals surface area (Å²) in [5.74, 6) is 2.70. The Balaban J connectivity index is 0.00000243. The summed E-state index contributed by atoms with van der Waals surface area (Å²) in [6.07, 6.45) is 1.89. The number of hydrogen-bond acceptors (Lipinski definition) is 6.